The van der Waals surface area contributed by atoms with Crippen molar-refractivity contribution in [1.29, 1.82) is 0 Å². The van der Waals surface area contributed by atoms with Gasteiger partial charge in [-0.1, -0.05) is 37.3 Å². The molecule has 3 rings (SSSR count). The number of nitrogens with one attached hydrogen (secondary N) is 1. The summed E-state index contributed by atoms with van der Waals surface area (Å²) < 4.78 is 41.6. The summed E-state index contributed by atoms with van der Waals surface area (Å²) in [7, 11) is -4.02. The third-order valence-electron chi connectivity index (χ3n) is 4.36. The third kappa shape index (κ3) is 3.78. The van der Waals surface area contributed by atoms with Gasteiger partial charge in [-0.2, -0.15) is 4.31 Å². The molecule has 9 heteroatoms. The van der Waals surface area contributed by atoms with Gasteiger partial charge < -0.3 is 0 Å². The maximum absolute atomic E-state index is 14.2. The van der Waals surface area contributed by atoms with E-state index in [1.54, 1.807) is 13.8 Å². The first-order valence-corrected chi connectivity index (χ1v) is 11.0. The minimum Gasteiger partial charge on any atom is -0.298 e. The first-order chi connectivity index (χ1) is 13.3. The van der Waals surface area contributed by atoms with Gasteiger partial charge in [-0.25, -0.2) is 17.8 Å². The van der Waals surface area contributed by atoms with Gasteiger partial charge in [-0.15, -0.1) is 0 Å². The molecule has 6 nitrogen and oxygen atoms in total. The van der Waals surface area contributed by atoms with E-state index in [0.29, 0.717) is 5.13 Å². The molecule has 0 unspecified atom stereocenters. The SMILES string of the molecule is CCN(CC)S(=O)(=O)c1cc(C(=O)Nc2nc3c(C)cccc3s2)ccc1F. The van der Waals surface area contributed by atoms with Crippen molar-refractivity contribution in [2.75, 3.05) is 18.4 Å². The molecule has 0 aliphatic heterocycles. The first kappa shape index (κ1) is 20.4. The number of hydrogen-bond acceptors (Lipinski definition) is 5. The second-order valence-corrected chi connectivity index (χ2v) is 9.07. The molecule has 2 aromatic carbocycles. The highest BCUT2D eigenvalue weighted by Gasteiger charge is 2.26. The lowest BCUT2D eigenvalue weighted by Gasteiger charge is -2.19. The molecule has 148 valence electrons. The Balaban J connectivity index is 1.93. The van der Waals surface area contributed by atoms with Crippen LogP contribution in [0.4, 0.5) is 9.52 Å². The topological polar surface area (TPSA) is 79.4 Å². The van der Waals surface area contributed by atoms with E-state index in [2.05, 4.69) is 10.3 Å². The van der Waals surface area contributed by atoms with Gasteiger partial charge in [0.1, 0.15) is 10.7 Å². The molecule has 0 saturated carbocycles. The number of hydrogen-bond donors (Lipinski definition) is 1. The van der Waals surface area contributed by atoms with Crippen LogP contribution < -0.4 is 5.32 Å². The number of halogens is 1. The number of sulfonamides is 1. The molecule has 0 aliphatic rings. The van der Waals surface area contributed by atoms with E-state index in [1.165, 1.54) is 17.4 Å². The molecule has 1 heterocycles. The van der Waals surface area contributed by atoms with Gasteiger partial charge in [0.05, 0.1) is 10.2 Å². The molecule has 1 amide bonds. The molecule has 0 radical (unpaired) electrons. The van der Waals surface area contributed by atoms with Crippen LogP contribution in [0, 0.1) is 12.7 Å². The fraction of sp³-hybridized carbons (Fsp3) is 0.263. The zero-order valence-corrected chi connectivity index (χ0v) is 17.3. The minimum absolute atomic E-state index is 0.0445. The predicted molar refractivity (Wildman–Crippen MR) is 109 cm³/mol. The average molecular weight is 422 g/mol. The zero-order valence-electron chi connectivity index (χ0n) is 15.7. The summed E-state index contributed by atoms with van der Waals surface area (Å²) in [5.41, 5.74) is 1.83. The maximum atomic E-state index is 14.2. The van der Waals surface area contributed by atoms with Crippen molar-refractivity contribution in [1.82, 2.24) is 9.29 Å². The molecule has 0 spiro atoms. The van der Waals surface area contributed by atoms with Crippen LogP contribution in [0.1, 0.15) is 29.8 Å². The molecule has 0 atom stereocenters. The second kappa shape index (κ2) is 7.94. The summed E-state index contributed by atoms with van der Waals surface area (Å²) >= 11 is 1.32. The summed E-state index contributed by atoms with van der Waals surface area (Å²) in [4.78, 5) is 16.5. The number of amides is 1. The summed E-state index contributed by atoms with van der Waals surface area (Å²) in [6, 6.07) is 9.06. The summed E-state index contributed by atoms with van der Waals surface area (Å²) in [6.45, 7) is 5.69. The lowest BCUT2D eigenvalue weighted by molar-refractivity contribution is 0.102. The summed E-state index contributed by atoms with van der Waals surface area (Å²) in [6.07, 6.45) is 0. The Hall–Kier alpha value is -2.36. The normalized spacial score (nSPS) is 11.9. The van der Waals surface area contributed by atoms with Gasteiger partial charge >= 0.3 is 0 Å². The van der Waals surface area contributed by atoms with E-state index in [-0.39, 0.29) is 18.7 Å². The third-order valence-corrected chi connectivity index (χ3v) is 7.36. The van der Waals surface area contributed by atoms with Crippen LogP contribution in [0.15, 0.2) is 41.3 Å². The molecule has 1 N–H and O–H groups in total. The van der Waals surface area contributed by atoms with Crippen LogP contribution in [-0.4, -0.2) is 36.7 Å². The number of anilines is 1. The standard InChI is InChI=1S/C19H20FN3O3S2/c1-4-23(5-2)28(25,26)16-11-13(9-10-14(16)20)18(24)22-19-21-17-12(3)7-6-8-15(17)27-19/h6-11H,4-5H2,1-3H3,(H,21,22,24). The maximum Gasteiger partial charge on any atom is 0.257 e. The Kier molecular flexibility index (Phi) is 5.78. The highest BCUT2D eigenvalue weighted by atomic mass is 32.2. The number of carbonyl (C=O) groups is 1. The monoisotopic (exact) mass is 421 g/mol. The molecule has 1 aromatic heterocycles. The van der Waals surface area contributed by atoms with Crippen molar-refractivity contribution in [2.45, 2.75) is 25.7 Å². The lowest BCUT2D eigenvalue weighted by Crippen LogP contribution is -2.31. The van der Waals surface area contributed by atoms with E-state index in [1.807, 2.05) is 25.1 Å². The van der Waals surface area contributed by atoms with E-state index in [0.717, 1.165) is 32.2 Å². The number of fused-ring (bicyclic) bond motifs is 1. The van der Waals surface area contributed by atoms with E-state index < -0.39 is 26.6 Å². The van der Waals surface area contributed by atoms with Crippen molar-refractivity contribution < 1.29 is 17.6 Å². The minimum atomic E-state index is -4.02. The Morgan fingerprint density at radius 2 is 1.93 bits per heavy atom. The van der Waals surface area contributed by atoms with E-state index in [4.69, 9.17) is 0 Å². The fourth-order valence-electron chi connectivity index (χ4n) is 2.85. The van der Waals surface area contributed by atoms with Gasteiger partial charge in [0.2, 0.25) is 10.0 Å². The Morgan fingerprint density at radius 3 is 2.57 bits per heavy atom. The van der Waals surface area contributed by atoms with E-state index >= 15 is 0 Å². The second-order valence-electron chi connectivity index (χ2n) is 6.13. The first-order valence-electron chi connectivity index (χ1n) is 8.75. The highest BCUT2D eigenvalue weighted by Crippen LogP contribution is 2.28. The Bertz CT molecular complexity index is 1140. The number of aryl methyl sites for hydroxylation is 1. The van der Waals surface area contributed by atoms with Crippen molar-refractivity contribution in [2.24, 2.45) is 0 Å². The molecule has 0 fully saturated rings. The van der Waals surface area contributed by atoms with Crippen LogP contribution >= 0.6 is 11.3 Å². The number of rotatable bonds is 6. The van der Waals surface area contributed by atoms with Crippen LogP contribution in [-0.2, 0) is 10.0 Å². The molecular weight excluding hydrogens is 401 g/mol. The summed E-state index contributed by atoms with van der Waals surface area (Å²) in [5, 5.41) is 3.06. The van der Waals surface area contributed by atoms with Crippen molar-refractivity contribution >= 4 is 42.6 Å². The number of carbonyl (C=O) groups excluding carboxylic acids is 1. The van der Waals surface area contributed by atoms with Crippen molar-refractivity contribution in [3.05, 3.63) is 53.3 Å². The van der Waals surface area contributed by atoms with Gasteiger partial charge in [-0.05, 0) is 36.8 Å². The van der Waals surface area contributed by atoms with Gasteiger partial charge in [-0.3, -0.25) is 10.1 Å². The van der Waals surface area contributed by atoms with Gasteiger partial charge in [0, 0.05) is 18.7 Å². The molecule has 0 aliphatic carbocycles. The number of thiazole rings is 1. The molecular formula is C19H20FN3O3S2. The van der Waals surface area contributed by atoms with Crippen LogP contribution in [0.25, 0.3) is 10.2 Å². The van der Waals surface area contributed by atoms with Crippen LogP contribution in [0.5, 0.6) is 0 Å². The number of benzene rings is 2. The van der Waals surface area contributed by atoms with Crippen LogP contribution in [0.3, 0.4) is 0 Å². The molecule has 28 heavy (non-hydrogen) atoms. The fourth-order valence-corrected chi connectivity index (χ4v) is 5.34. The summed E-state index contributed by atoms with van der Waals surface area (Å²) in [5.74, 6) is -1.44. The molecule has 3 aromatic rings. The molecule has 0 saturated heterocycles. The molecule has 0 bridgehead atoms. The van der Waals surface area contributed by atoms with E-state index in [9.17, 15) is 17.6 Å². The average Bonchev–Trinajstić information content (AvgIpc) is 3.06. The number of para-hydroxylation sites is 1. The quantitative estimate of drug-likeness (QED) is 0.652. The van der Waals surface area contributed by atoms with Crippen molar-refractivity contribution in [3.63, 3.8) is 0 Å². The van der Waals surface area contributed by atoms with Crippen LogP contribution in [0.2, 0.25) is 0 Å². The Morgan fingerprint density at radius 1 is 1.21 bits per heavy atom. The smallest absolute Gasteiger partial charge is 0.257 e. The lowest BCUT2D eigenvalue weighted by atomic mass is 10.2. The number of aromatic nitrogens is 1. The number of nitrogens with zero attached hydrogens (tertiary/aromatic N) is 2. The largest absolute Gasteiger partial charge is 0.298 e. The Labute approximate surface area is 167 Å². The van der Waals surface area contributed by atoms with Crippen molar-refractivity contribution in [3.8, 4) is 0 Å². The van der Waals surface area contributed by atoms with Gasteiger partial charge in [0.25, 0.3) is 5.91 Å². The zero-order chi connectivity index (χ0) is 20.5. The highest BCUT2D eigenvalue weighted by molar-refractivity contribution is 7.89. The van der Waals surface area contributed by atoms with Gasteiger partial charge in [0.15, 0.2) is 5.13 Å². The predicted octanol–water partition coefficient (Wildman–Crippen LogP) is 4.03.